The molecule has 0 fully saturated rings. The number of thioether (sulfide) groups is 1. The van der Waals surface area contributed by atoms with Gasteiger partial charge in [0.05, 0.1) is 5.69 Å². The minimum Gasteiger partial charge on any atom is -0.313 e. The Balaban J connectivity index is 2.59. The molecule has 1 heterocycles. The summed E-state index contributed by atoms with van der Waals surface area (Å²) >= 11 is 2.02. The summed E-state index contributed by atoms with van der Waals surface area (Å²) in [6.07, 6.45) is 1.05. The molecule has 0 aromatic carbocycles. The van der Waals surface area contributed by atoms with Crippen molar-refractivity contribution in [1.29, 1.82) is 0 Å². The quantitative estimate of drug-likeness (QED) is 0.861. The van der Waals surface area contributed by atoms with Gasteiger partial charge in [-0.2, -0.15) is 16.9 Å². The third kappa shape index (κ3) is 5.44. The summed E-state index contributed by atoms with van der Waals surface area (Å²) in [4.78, 5) is 0. The van der Waals surface area contributed by atoms with Crippen LogP contribution < -0.4 is 5.32 Å². The Hall–Kier alpha value is -0.480. The molecule has 104 valence electrons. The first-order valence-corrected chi connectivity index (χ1v) is 7.67. The maximum Gasteiger partial charge on any atom is 0.0596 e. The molecule has 0 amide bonds. The molecule has 0 radical (unpaired) electrons. The van der Waals surface area contributed by atoms with E-state index in [4.69, 9.17) is 0 Å². The standard InChI is InChI=1S/C14H27N3S/c1-7-15-12(10-18-14(3,4)5)9-13-8-11(2)16-17(13)6/h8,12,15H,7,9-10H2,1-6H3. The maximum absolute atomic E-state index is 4.42. The fourth-order valence-corrected chi connectivity index (χ4v) is 2.87. The van der Waals surface area contributed by atoms with E-state index >= 15 is 0 Å². The SMILES string of the molecule is CCNC(CSC(C)(C)C)Cc1cc(C)nn1C. The Labute approximate surface area is 116 Å². The second-order valence-electron chi connectivity index (χ2n) is 5.78. The number of hydrogen-bond acceptors (Lipinski definition) is 3. The Morgan fingerprint density at radius 2 is 2.11 bits per heavy atom. The van der Waals surface area contributed by atoms with Gasteiger partial charge < -0.3 is 5.32 Å². The van der Waals surface area contributed by atoms with Gasteiger partial charge in [0.15, 0.2) is 0 Å². The van der Waals surface area contributed by atoms with E-state index in [0.29, 0.717) is 10.8 Å². The van der Waals surface area contributed by atoms with Crippen molar-refractivity contribution in [2.24, 2.45) is 7.05 Å². The van der Waals surface area contributed by atoms with Crippen LogP contribution in [0.5, 0.6) is 0 Å². The highest BCUT2D eigenvalue weighted by molar-refractivity contribution is 8.00. The summed E-state index contributed by atoms with van der Waals surface area (Å²) in [5.74, 6) is 1.14. The van der Waals surface area contributed by atoms with Crippen molar-refractivity contribution in [2.45, 2.75) is 51.8 Å². The molecule has 0 aliphatic heterocycles. The Bertz CT molecular complexity index is 366. The highest BCUT2D eigenvalue weighted by Gasteiger charge is 2.17. The molecular weight excluding hydrogens is 242 g/mol. The van der Waals surface area contributed by atoms with Crippen LogP contribution in [0.15, 0.2) is 6.07 Å². The van der Waals surface area contributed by atoms with Crippen LogP contribution in [0.2, 0.25) is 0 Å². The van der Waals surface area contributed by atoms with E-state index in [0.717, 1.165) is 24.4 Å². The van der Waals surface area contributed by atoms with Crippen molar-refractivity contribution in [3.63, 3.8) is 0 Å². The molecule has 1 atom stereocenters. The smallest absolute Gasteiger partial charge is 0.0596 e. The zero-order valence-electron chi connectivity index (χ0n) is 12.6. The fraction of sp³-hybridized carbons (Fsp3) is 0.786. The normalized spacial score (nSPS) is 13.9. The van der Waals surface area contributed by atoms with E-state index in [9.17, 15) is 0 Å². The molecule has 0 spiro atoms. The number of aryl methyl sites for hydroxylation is 2. The van der Waals surface area contributed by atoms with Crippen molar-refractivity contribution in [3.8, 4) is 0 Å². The van der Waals surface area contributed by atoms with Crippen LogP contribution in [0, 0.1) is 6.92 Å². The summed E-state index contributed by atoms with van der Waals surface area (Å²) in [5.41, 5.74) is 2.42. The molecule has 0 aliphatic carbocycles. The summed E-state index contributed by atoms with van der Waals surface area (Å²) in [6, 6.07) is 2.71. The maximum atomic E-state index is 4.42. The number of likely N-dealkylation sites (N-methyl/N-ethyl adjacent to an activating group) is 1. The zero-order chi connectivity index (χ0) is 13.8. The topological polar surface area (TPSA) is 29.9 Å². The highest BCUT2D eigenvalue weighted by atomic mass is 32.2. The van der Waals surface area contributed by atoms with Crippen molar-refractivity contribution in [2.75, 3.05) is 12.3 Å². The predicted octanol–water partition coefficient (Wildman–Crippen LogP) is 2.78. The number of nitrogens with zero attached hydrogens (tertiary/aromatic N) is 2. The van der Waals surface area contributed by atoms with Crippen LogP contribution in [0.25, 0.3) is 0 Å². The second kappa shape index (κ2) is 6.62. The third-order valence-corrected chi connectivity index (χ3v) is 4.20. The summed E-state index contributed by atoms with van der Waals surface area (Å²) in [5, 5.41) is 7.99. The molecule has 1 unspecified atom stereocenters. The van der Waals surface area contributed by atoms with Gasteiger partial charge in [-0.3, -0.25) is 4.68 Å². The van der Waals surface area contributed by atoms with Crippen LogP contribution in [0.4, 0.5) is 0 Å². The first-order chi connectivity index (χ1) is 8.31. The molecule has 1 N–H and O–H groups in total. The number of aromatic nitrogens is 2. The molecule has 3 nitrogen and oxygen atoms in total. The van der Waals surface area contributed by atoms with E-state index in [-0.39, 0.29) is 0 Å². The Morgan fingerprint density at radius 1 is 1.44 bits per heavy atom. The average molecular weight is 269 g/mol. The van der Waals surface area contributed by atoms with Gasteiger partial charge in [0, 0.05) is 35.7 Å². The van der Waals surface area contributed by atoms with E-state index in [2.05, 4.69) is 51.1 Å². The first-order valence-electron chi connectivity index (χ1n) is 6.68. The van der Waals surface area contributed by atoms with Crippen LogP contribution in [-0.2, 0) is 13.5 Å². The molecule has 1 aromatic rings. The minimum absolute atomic E-state index is 0.329. The molecule has 1 aromatic heterocycles. The van der Waals surface area contributed by atoms with Crippen molar-refractivity contribution >= 4 is 11.8 Å². The van der Waals surface area contributed by atoms with Gasteiger partial charge in [-0.05, 0) is 19.5 Å². The van der Waals surface area contributed by atoms with Gasteiger partial charge in [0.1, 0.15) is 0 Å². The van der Waals surface area contributed by atoms with Gasteiger partial charge in [-0.1, -0.05) is 27.7 Å². The lowest BCUT2D eigenvalue weighted by Crippen LogP contribution is -2.35. The van der Waals surface area contributed by atoms with E-state index < -0.39 is 0 Å². The molecular formula is C14H27N3S. The molecule has 0 saturated carbocycles. The van der Waals surface area contributed by atoms with Crippen molar-refractivity contribution < 1.29 is 0 Å². The third-order valence-electron chi connectivity index (χ3n) is 2.76. The van der Waals surface area contributed by atoms with Gasteiger partial charge in [-0.25, -0.2) is 0 Å². The first kappa shape index (κ1) is 15.6. The number of nitrogens with one attached hydrogen (secondary N) is 1. The average Bonchev–Trinajstić information content (AvgIpc) is 2.53. The van der Waals surface area contributed by atoms with E-state index in [1.807, 2.05) is 23.5 Å². The Morgan fingerprint density at radius 3 is 2.56 bits per heavy atom. The fourth-order valence-electron chi connectivity index (χ4n) is 1.94. The number of rotatable bonds is 6. The van der Waals surface area contributed by atoms with E-state index in [1.165, 1.54) is 5.69 Å². The molecule has 1 rings (SSSR count). The lowest BCUT2D eigenvalue weighted by molar-refractivity contribution is 0.547. The summed E-state index contributed by atoms with van der Waals surface area (Å²) < 4.78 is 2.33. The molecule has 0 bridgehead atoms. The highest BCUT2D eigenvalue weighted by Crippen LogP contribution is 2.24. The lowest BCUT2D eigenvalue weighted by Gasteiger charge is -2.23. The van der Waals surface area contributed by atoms with Crippen LogP contribution >= 0.6 is 11.8 Å². The van der Waals surface area contributed by atoms with Gasteiger partial charge in [0.25, 0.3) is 0 Å². The van der Waals surface area contributed by atoms with Gasteiger partial charge in [0.2, 0.25) is 0 Å². The van der Waals surface area contributed by atoms with Crippen LogP contribution in [-0.4, -0.2) is 32.9 Å². The van der Waals surface area contributed by atoms with Gasteiger partial charge >= 0.3 is 0 Å². The molecule has 4 heteroatoms. The predicted molar refractivity (Wildman–Crippen MR) is 81.3 cm³/mol. The van der Waals surface area contributed by atoms with Crippen molar-refractivity contribution in [1.82, 2.24) is 15.1 Å². The van der Waals surface area contributed by atoms with Crippen LogP contribution in [0.1, 0.15) is 39.1 Å². The number of hydrogen-bond donors (Lipinski definition) is 1. The second-order valence-corrected chi connectivity index (χ2v) is 7.63. The molecule has 0 saturated heterocycles. The van der Waals surface area contributed by atoms with E-state index in [1.54, 1.807) is 0 Å². The van der Waals surface area contributed by atoms with Crippen LogP contribution in [0.3, 0.4) is 0 Å². The molecule has 18 heavy (non-hydrogen) atoms. The lowest BCUT2D eigenvalue weighted by atomic mass is 10.1. The monoisotopic (exact) mass is 269 g/mol. The van der Waals surface area contributed by atoms with Crippen molar-refractivity contribution in [3.05, 3.63) is 17.5 Å². The summed E-state index contributed by atoms with van der Waals surface area (Å²) in [7, 11) is 2.03. The Kier molecular flexibility index (Phi) is 5.73. The summed E-state index contributed by atoms with van der Waals surface area (Å²) in [6.45, 7) is 12.1. The minimum atomic E-state index is 0.329. The van der Waals surface area contributed by atoms with Gasteiger partial charge in [-0.15, -0.1) is 0 Å². The largest absolute Gasteiger partial charge is 0.313 e. The molecule has 0 aliphatic rings. The zero-order valence-corrected chi connectivity index (χ0v) is 13.4.